The molecule has 0 amide bonds. The zero-order chi connectivity index (χ0) is 12.9. The van der Waals surface area contributed by atoms with E-state index < -0.39 is 17.6 Å². The molecule has 3 atom stereocenters. The molecule has 17 heavy (non-hydrogen) atoms. The van der Waals surface area contributed by atoms with E-state index in [1.165, 1.54) is 7.11 Å². The van der Waals surface area contributed by atoms with Gasteiger partial charge in [-0.1, -0.05) is 19.8 Å². The van der Waals surface area contributed by atoms with Crippen molar-refractivity contribution >= 4 is 5.97 Å². The lowest BCUT2D eigenvalue weighted by molar-refractivity contribution is -0.142. The van der Waals surface area contributed by atoms with E-state index in [-0.39, 0.29) is 13.2 Å². The average Bonchev–Trinajstić information content (AvgIpc) is 2.28. The Balaban J connectivity index is 2.68. The molecule has 1 fully saturated rings. The minimum Gasteiger partial charge on any atom is -0.480 e. The first kappa shape index (κ1) is 14.4. The van der Waals surface area contributed by atoms with Crippen molar-refractivity contribution in [2.75, 3.05) is 20.3 Å². The van der Waals surface area contributed by atoms with Crippen molar-refractivity contribution in [3.63, 3.8) is 0 Å². The van der Waals surface area contributed by atoms with Gasteiger partial charge in [0.05, 0.1) is 13.2 Å². The van der Waals surface area contributed by atoms with Gasteiger partial charge >= 0.3 is 5.97 Å². The van der Waals surface area contributed by atoms with Crippen LogP contribution in [0, 0.1) is 5.92 Å². The molecule has 1 saturated carbocycles. The van der Waals surface area contributed by atoms with Crippen molar-refractivity contribution in [3.05, 3.63) is 0 Å². The van der Waals surface area contributed by atoms with E-state index >= 15 is 0 Å². The second-order valence-electron chi connectivity index (χ2n) is 5.13. The Hall–Kier alpha value is -0.650. The van der Waals surface area contributed by atoms with Crippen LogP contribution in [-0.4, -0.2) is 48.1 Å². The molecule has 0 bridgehead atoms. The lowest BCUT2D eigenvalue weighted by atomic mass is 9.76. The van der Waals surface area contributed by atoms with Gasteiger partial charge in [-0.25, -0.2) is 0 Å². The van der Waals surface area contributed by atoms with Crippen LogP contribution in [0.1, 0.15) is 32.6 Å². The third-order valence-corrected chi connectivity index (χ3v) is 3.51. The van der Waals surface area contributed by atoms with Gasteiger partial charge in [0.25, 0.3) is 0 Å². The molecule has 0 spiro atoms. The Kier molecular flexibility index (Phi) is 5.36. The van der Waals surface area contributed by atoms with Crippen molar-refractivity contribution < 1.29 is 19.7 Å². The van der Waals surface area contributed by atoms with Crippen LogP contribution in [0.5, 0.6) is 0 Å². The highest BCUT2D eigenvalue weighted by Crippen LogP contribution is 2.32. The van der Waals surface area contributed by atoms with Crippen molar-refractivity contribution in [1.82, 2.24) is 5.32 Å². The molecule has 0 aromatic rings. The maximum Gasteiger partial charge on any atom is 0.323 e. The zero-order valence-corrected chi connectivity index (χ0v) is 10.6. The molecule has 1 rings (SSSR count). The van der Waals surface area contributed by atoms with Crippen LogP contribution in [0.2, 0.25) is 0 Å². The molecule has 5 nitrogen and oxygen atoms in total. The lowest BCUT2D eigenvalue weighted by Crippen LogP contribution is -2.58. The summed E-state index contributed by atoms with van der Waals surface area (Å²) in [6, 6.07) is -0.752. The summed E-state index contributed by atoms with van der Waals surface area (Å²) < 4.78 is 4.90. The van der Waals surface area contributed by atoms with Gasteiger partial charge in [0.1, 0.15) is 6.04 Å². The number of ether oxygens (including phenoxy) is 1. The summed E-state index contributed by atoms with van der Waals surface area (Å²) in [4.78, 5) is 11.1. The number of nitrogens with one attached hydrogen (secondary N) is 1. The third-order valence-electron chi connectivity index (χ3n) is 3.51. The Bertz CT molecular complexity index is 259. The maximum absolute atomic E-state index is 11.1. The molecule has 0 radical (unpaired) electrons. The Morgan fingerprint density at radius 1 is 1.65 bits per heavy atom. The van der Waals surface area contributed by atoms with Gasteiger partial charge in [0.2, 0.25) is 0 Å². The lowest BCUT2D eigenvalue weighted by Gasteiger charge is -2.41. The van der Waals surface area contributed by atoms with E-state index in [1.807, 2.05) is 0 Å². The predicted molar refractivity (Wildman–Crippen MR) is 63.9 cm³/mol. The number of rotatable bonds is 6. The monoisotopic (exact) mass is 245 g/mol. The van der Waals surface area contributed by atoms with Crippen LogP contribution < -0.4 is 5.32 Å². The fourth-order valence-electron chi connectivity index (χ4n) is 2.69. The largest absolute Gasteiger partial charge is 0.480 e. The Morgan fingerprint density at radius 2 is 2.35 bits per heavy atom. The minimum absolute atomic E-state index is 0.0230. The number of carboxylic acids is 1. The van der Waals surface area contributed by atoms with E-state index in [9.17, 15) is 9.90 Å². The first-order valence-electron chi connectivity index (χ1n) is 6.13. The van der Waals surface area contributed by atoms with Crippen molar-refractivity contribution in [2.45, 2.75) is 44.2 Å². The molecule has 0 saturated heterocycles. The van der Waals surface area contributed by atoms with Gasteiger partial charge in [0.15, 0.2) is 0 Å². The first-order chi connectivity index (χ1) is 8.03. The normalized spacial score (nSPS) is 31.1. The molecule has 100 valence electrons. The molecule has 3 unspecified atom stereocenters. The van der Waals surface area contributed by atoms with E-state index in [2.05, 4.69) is 12.2 Å². The van der Waals surface area contributed by atoms with Crippen LogP contribution in [-0.2, 0) is 9.53 Å². The topological polar surface area (TPSA) is 78.8 Å². The Morgan fingerprint density at radius 3 is 2.82 bits per heavy atom. The van der Waals surface area contributed by atoms with E-state index in [0.717, 1.165) is 25.7 Å². The number of aliphatic hydroxyl groups is 1. The highest BCUT2D eigenvalue weighted by atomic mass is 16.5. The number of carbonyl (C=O) groups is 1. The van der Waals surface area contributed by atoms with Gasteiger partial charge in [-0.15, -0.1) is 0 Å². The average molecular weight is 245 g/mol. The molecule has 0 aromatic heterocycles. The standard InChI is InChI=1S/C12H23NO4/c1-9-4-3-5-12(6-9,8-14)13-10(7-17-2)11(15)16/h9-10,13-14H,3-8H2,1-2H3,(H,15,16). The summed E-state index contributed by atoms with van der Waals surface area (Å²) in [5.41, 5.74) is -0.459. The molecule has 5 heteroatoms. The smallest absolute Gasteiger partial charge is 0.323 e. The van der Waals surface area contributed by atoms with E-state index in [4.69, 9.17) is 9.84 Å². The van der Waals surface area contributed by atoms with Gasteiger partial charge < -0.3 is 14.9 Å². The summed E-state index contributed by atoms with van der Waals surface area (Å²) in [6.45, 7) is 2.23. The van der Waals surface area contributed by atoms with Crippen LogP contribution in [0.15, 0.2) is 0 Å². The summed E-state index contributed by atoms with van der Waals surface area (Å²) >= 11 is 0. The van der Waals surface area contributed by atoms with Gasteiger partial charge in [-0.3, -0.25) is 10.1 Å². The molecular formula is C12H23NO4. The fourth-order valence-corrected chi connectivity index (χ4v) is 2.69. The quantitative estimate of drug-likeness (QED) is 0.639. The molecule has 1 aliphatic rings. The zero-order valence-electron chi connectivity index (χ0n) is 10.6. The van der Waals surface area contributed by atoms with E-state index in [1.54, 1.807) is 0 Å². The van der Waals surface area contributed by atoms with Crippen LogP contribution >= 0.6 is 0 Å². The maximum atomic E-state index is 11.1. The van der Waals surface area contributed by atoms with Crippen molar-refractivity contribution in [3.8, 4) is 0 Å². The summed E-state index contributed by atoms with van der Waals surface area (Å²) in [7, 11) is 1.48. The predicted octanol–water partition coefficient (Wildman–Crippen LogP) is 0.617. The summed E-state index contributed by atoms with van der Waals surface area (Å²) in [6.07, 6.45) is 3.80. The summed E-state index contributed by atoms with van der Waals surface area (Å²) in [5, 5.41) is 21.7. The molecular weight excluding hydrogens is 222 g/mol. The van der Waals surface area contributed by atoms with Crippen molar-refractivity contribution in [2.24, 2.45) is 5.92 Å². The molecule has 0 aromatic carbocycles. The molecule has 1 aliphatic carbocycles. The second-order valence-corrected chi connectivity index (χ2v) is 5.13. The molecule has 0 heterocycles. The number of methoxy groups -OCH3 is 1. The number of aliphatic carboxylic acids is 1. The highest BCUT2D eigenvalue weighted by molar-refractivity contribution is 5.73. The van der Waals surface area contributed by atoms with Crippen molar-refractivity contribution in [1.29, 1.82) is 0 Å². The van der Waals surface area contributed by atoms with Crippen LogP contribution in [0.25, 0.3) is 0 Å². The first-order valence-corrected chi connectivity index (χ1v) is 6.13. The fraction of sp³-hybridized carbons (Fsp3) is 0.917. The third kappa shape index (κ3) is 3.94. The van der Waals surface area contributed by atoms with Gasteiger partial charge in [-0.05, 0) is 18.8 Å². The second kappa shape index (κ2) is 6.33. The number of aliphatic hydroxyl groups excluding tert-OH is 1. The molecule has 3 N–H and O–H groups in total. The number of carboxylic acid groups (broad SMARTS) is 1. The number of hydrogen-bond donors (Lipinski definition) is 3. The minimum atomic E-state index is -0.932. The SMILES string of the molecule is COCC(NC1(CO)CCCC(C)C1)C(=O)O. The van der Waals surface area contributed by atoms with Gasteiger partial charge in [0, 0.05) is 12.6 Å². The molecule has 0 aliphatic heterocycles. The van der Waals surface area contributed by atoms with Crippen LogP contribution in [0.3, 0.4) is 0 Å². The van der Waals surface area contributed by atoms with Gasteiger partial charge in [-0.2, -0.15) is 0 Å². The highest BCUT2D eigenvalue weighted by Gasteiger charge is 2.37. The van der Waals surface area contributed by atoms with E-state index in [0.29, 0.717) is 5.92 Å². The summed E-state index contributed by atoms with van der Waals surface area (Å²) in [5.74, 6) is -0.418. The Labute approximate surface area is 102 Å². The van der Waals surface area contributed by atoms with Crippen LogP contribution in [0.4, 0.5) is 0 Å². The number of hydrogen-bond acceptors (Lipinski definition) is 4.